The number of rotatable bonds is 9. The van der Waals surface area contributed by atoms with E-state index in [1.807, 2.05) is 0 Å². The van der Waals surface area contributed by atoms with Gasteiger partial charge in [-0.3, -0.25) is 14.5 Å². The molecule has 1 aliphatic heterocycles. The van der Waals surface area contributed by atoms with Gasteiger partial charge >= 0.3 is 17.9 Å². The SMILES string of the molecule is COc1cc(/C=C2\SC(=S)N([C@H](CC(=O)O)C(=O)O)C2=O)ccc1OCC(=O)O. The largest absolute Gasteiger partial charge is 0.493 e. The van der Waals surface area contributed by atoms with Crippen LogP contribution in [0.5, 0.6) is 11.5 Å². The lowest BCUT2D eigenvalue weighted by Crippen LogP contribution is -2.45. The number of carboxylic acids is 3. The highest BCUT2D eigenvalue weighted by atomic mass is 32.2. The average Bonchev–Trinajstić information content (AvgIpc) is 2.91. The molecule has 29 heavy (non-hydrogen) atoms. The minimum absolute atomic E-state index is 0.0664. The highest BCUT2D eigenvalue weighted by Gasteiger charge is 2.41. The molecule has 0 aliphatic carbocycles. The van der Waals surface area contributed by atoms with Gasteiger partial charge in [0, 0.05) is 0 Å². The molecule has 3 N–H and O–H groups in total. The van der Waals surface area contributed by atoms with Crippen molar-refractivity contribution in [3.63, 3.8) is 0 Å². The van der Waals surface area contributed by atoms with Crippen molar-refractivity contribution in [2.75, 3.05) is 13.7 Å². The van der Waals surface area contributed by atoms with Gasteiger partial charge in [-0.1, -0.05) is 30.0 Å². The molecule has 0 unspecified atom stereocenters. The van der Waals surface area contributed by atoms with Crippen LogP contribution in [-0.2, 0) is 19.2 Å². The van der Waals surface area contributed by atoms with Crippen molar-refractivity contribution in [3.05, 3.63) is 28.7 Å². The number of benzene rings is 1. The maximum absolute atomic E-state index is 12.6. The van der Waals surface area contributed by atoms with Gasteiger partial charge in [-0.25, -0.2) is 9.59 Å². The molecule has 0 aromatic heterocycles. The van der Waals surface area contributed by atoms with E-state index in [0.717, 1.165) is 16.7 Å². The van der Waals surface area contributed by atoms with Crippen LogP contribution < -0.4 is 9.47 Å². The molecule has 2 rings (SSSR count). The van der Waals surface area contributed by atoms with E-state index in [1.165, 1.54) is 31.4 Å². The Morgan fingerprint density at radius 3 is 2.45 bits per heavy atom. The van der Waals surface area contributed by atoms with Crippen molar-refractivity contribution >= 4 is 58.2 Å². The summed E-state index contributed by atoms with van der Waals surface area (Å²) in [6.45, 7) is -0.561. The fourth-order valence-electron chi connectivity index (χ4n) is 2.39. The normalized spacial score (nSPS) is 16.0. The molecule has 1 fully saturated rings. The zero-order valence-electron chi connectivity index (χ0n) is 14.9. The van der Waals surface area contributed by atoms with Crippen molar-refractivity contribution in [3.8, 4) is 11.5 Å². The number of carboxylic acid groups (broad SMARTS) is 3. The molecule has 1 aromatic rings. The van der Waals surface area contributed by atoms with E-state index in [2.05, 4.69) is 0 Å². The van der Waals surface area contributed by atoms with Crippen molar-refractivity contribution in [2.24, 2.45) is 0 Å². The molecule has 1 aromatic carbocycles. The number of nitrogens with zero attached hydrogens (tertiary/aromatic N) is 1. The maximum atomic E-state index is 12.6. The third-order valence-electron chi connectivity index (χ3n) is 3.62. The molecule has 1 heterocycles. The van der Waals surface area contributed by atoms with Gasteiger partial charge < -0.3 is 24.8 Å². The van der Waals surface area contributed by atoms with E-state index < -0.39 is 42.9 Å². The van der Waals surface area contributed by atoms with E-state index in [1.54, 1.807) is 0 Å². The maximum Gasteiger partial charge on any atom is 0.341 e. The molecular weight excluding hydrogens is 426 g/mol. The van der Waals surface area contributed by atoms with Gasteiger partial charge in [0.05, 0.1) is 18.4 Å². The Kier molecular flexibility index (Phi) is 7.18. The first-order chi connectivity index (χ1) is 13.6. The predicted molar refractivity (Wildman–Crippen MR) is 105 cm³/mol. The van der Waals surface area contributed by atoms with Gasteiger partial charge in [0.1, 0.15) is 10.4 Å². The Bertz CT molecular complexity index is 912. The van der Waals surface area contributed by atoms with Crippen LogP contribution in [0, 0.1) is 0 Å². The second-order valence-electron chi connectivity index (χ2n) is 5.60. The molecule has 0 spiro atoms. The molecule has 1 amide bonds. The second-order valence-corrected chi connectivity index (χ2v) is 7.27. The van der Waals surface area contributed by atoms with E-state index in [4.69, 9.17) is 31.9 Å². The van der Waals surface area contributed by atoms with Gasteiger partial charge in [-0.05, 0) is 23.8 Å². The smallest absolute Gasteiger partial charge is 0.341 e. The van der Waals surface area contributed by atoms with Crippen LogP contribution in [0.25, 0.3) is 6.08 Å². The van der Waals surface area contributed by atoms with Crippen LogP contribution >= 0.6 is 24.0 Å². The Labute approximate surface area is 173 Å². The zero-order chi connectivity index (χ0) is 21.7. The Hall–Kier alpha value is -3.12. The van der Waals surface area contributed by atoms with Crippen molar-refractivity contribution < 1.29 is 44.0 Å². The Morgan fingerprint density at radius 1 is 1.21 bits per heavy atom. The first-order valence-electron chi connectivity index (χ1n) is 7.88. The van der Waals surface area contributed by atoms with Crippen LogP contribution in [0.2, 0.25) is 0 Å². The minimum atomic E-state index is -1.62. The monoisotopic (exact) mass is 441 g/mol. The van der Waals surface area contributed by atoms with E-state index in [-0.39, 0.29) is 20.7 Å². The summed E-state index contributed by atoms with van der Waals surface area (Å²) in [4.78, 5) is 46.4. The Morgan fingerprint density at radius 2 is 1.90 bits per heavy atom. The summed E-state index contributed by atoms with van der Waals surface area (Å²) in [6, 6.07) is 2.87. The number of hydrogen-bond donors (Lipinski definition) is 3. The van der Waals surface area contributed by atoms with Crippen LogP contribution in [0.1, 0.15) is 12.0 Å². The summed E-state index contributed by atoms with van der Waals surface area (Å²) < 4.78 is 10.2. The molecule has 1 aliphatic rings. The number of methoxy groups -OCH3 is 1. The highest BCUT2D eigenvalue weighted by Crippen LogP contribution is 2.36. The van der Waals surface area contributed by atoms with Crippen molar-refractivity contribution in [2.45, 2.75) is 12.5 Å². The fraction of sp³-hybridized carbons (Fsp3) is 0.235. The standard InChI is InChI=1S/C17H15NO9S2/c1-26-11-4-8(2-3-10(11)27-7-14(21)22)5-12-15(23)18(17(28)29-12)9(16(24)25)6-13(19)20/h2-5,9H,6-7H2,1H3,(H,19,20)(H,21,22)(H,24,25)/b12-5-/t9-/m1/s1. The lowest BCUT2D eigenvalue weighted by atomic mass is 10.1. The number of thioether (sulfide) groups is 1. The van der Waals surface area contributed by atoms with Gasteiger partial charge in [-0.2, -0.15) is 0 Å². The molecule has 10 nitrogen and oxygen atoms in total. The number of carbonyl (C=O) groups is 4. The lowest BCUT2D eigenvalue weighted by Gasteiger charge is -2.21. The van der Waals surface area contributed by atoms with Crippen LogP contribution in [0.3, 0.4) is 0 Å². The second kappa shape index (κ2) is 9.39. The fourth-order valence-corrected chi connectivity index (χ4v) is 3.74. The van der Waals surface area contributed by atoms with Gasteiger partial charge in [0.25, 0.3) is 5.91 Å². The molecule has 154 valence electrons. The third kappa shape index (κ3) is 5.45. The molecule has 1 atom stereocenters. The highest BCUT2D eigenvalue weighted by molar-refractivity contribution is 8.26. The first-order valence-corrected chi connectivity index (χ1v) is 9.10. The number of carbonyl (C=O) groups excluding carboxylic acids is 1. The van der Waals surface area contributed by atoms with Crippen LogP contribution in [0.4, 0.5) is 0 Å². The molecule has 1 saturated heterocycles. The van der Waals surface area contributed by atoms with Crippen LogP contribution in [0.15, 0.2) is 23.1 Å². The number of amides is 1. The summed E-state index contributed by atoms with van der Waals surface area (Å²) in [6.07, 6.45) is 0.640. The average molecular weight is 441 g/mol. The predicted octanol–water partition coefficient (Wildman–Crippen LogP) is 1.29. The Balaban J connectivity index is 2.29. The number of hydrogen-bond acceptors (Lipinski definition) is 8. The molecular formula is C17H15NO9S2. The van der Waals surface area contributed by atoms with E-state index in [9.17, 15) is 24.3 Å². The van der Waals surface area contributed by atoms with Gasteiger partial charge in [0.2, 0.25) is 0 Å². The lowest BCUT2D eigenvalue weighted by molar-refractivity contribution is -0.150. The van der Waals surface area contributed by atoms with Crippen LogP contribution in [-0.4, -0.2) is 68.1 Å². The zero-order valence-corrected chi connectivity index (χ0v) is 16.5. The summed E-state index contributed by atoms with van der Waals surface area (Å²) in [5.74, 6) is -4.33. The summed E-state index contributed by atoms with van der Waals surface area (Å²) in [7, 11) is 1.36. The molecule has 0 bridgehead atoms. The first kappa shape index (κ1) is 22.2. The molecule has 0 saturated carbocycles. The van der Waals surface area contributed by atoms with Gasteiger partial charge in [0.15, 0.2) is 18.1 Å². The molecule has 12 heteroatoms. The van der Waals surface area contributed by atoms with Crippen molar-refractivity contribution in [1.29, 1.82) is 0 Å². The number of ether oxygens (including phenoxy) is 2. The molecule has 0 radical (unpaired) electrons. The number of thiocarbonyl (C=S) groups is 1. The topological polar surface area (TPSA) is 151 Å². The van der Waals surface area contributed by atoms with E-state index in [0.29, 0.717) is 5.56 Å². The van der Waals surface area contributed by atoms with E-state index >= 15 is 0 Å². The number of aliphatic carboxylic acids is 3. The van der Waals surface area contributed by atoms with Gasteiger partial charge in [-0.15, -0.1) is 0 Å². The summed E-state index contributed by atoms with van der Waals surface area (Å²) in [5, 5.41) is 26.9. The third-order valence-corrected chi connectivity index (χ3v) is 4.96. The minimum Gasteiger partial charge on any atom is -0.493 e. The van der Waals surface area contributed by atoms with Crippen molar-refractivity contribution in [1.82, 2.24) is 4.90 Å². The quantitative estimate of drug-likeness (QED) is 0.375. The summed E-state index contributed by atoms with van der Waals surface area (Å²) in [5.41, 5.74) is 0.482. The summed E-state index contributed by atoms with van der Waals surface area (Å²) >= 11 is 5.90.